The molecular formula is C18H24N4O3. The summed E-state index contributed by atoms with van der Waals surface area (Å²) in [4.78, 5) is 19.0. The molecular weight excluding hydrogens is 320 g/mol. The highest BCUT2D eigenvalue weighted by Crippen LogP contribution is 2.36. The third-order valence-electron chi connectivity index (χ3n) is 4.52. The minimum absolute atomic E-state index is 0.0876. The number of para-hydroxylation sites is 1. The topological polar surface area (TPSA) is 68.6 Å². The van der Waals surface area contributed by atoms with Crippen molar-refractivity contribution in [1.82, 2.24) is 19.8 Å². The van der Waals surface area contributed by atoms with E-state index in [0.717, 1.165) is 37.3 Å². The van der Waals surface area contributed by atoms with Crippen molar-refractivity contribution in [3.05, 3.63) is 42.0 Å². The number of carbonyl (C=O) groups excluding carboxylic acids is 1. The molecule has 0 saturated carbocycles. The van der Waals surface area contributed by atoms with Crippen molar-refractivity contribution >= 4 is 6.03 Å². The van der Waals surface area contributed by atoms with Crippen LogP contribution in [0.2, 0.25) is 0 Å². The molecule has 134 valence electrons. The average Bonchev–Trinajstić information content (AvgIpc) is 3.30. The fourth-order valence-corrected chi connectivity index (χ4v) is 3.21. The summed E-state index contributed by atoms with van der Waals surface area (Å²) in [5, 5.41) is 3.11. The van der Waals surface area contributed by atoms with E-state index in [1.807, 2.05) is 40.9 Å². The number of nitrogens with zero attached hydrogens (tertiary/aromatic N) is 3. The maximum absolute atomic E-state index is 12.7. The first-order valence-corrected chi connectivity index (χ1v) is 8.39. The Hall–Kier alpha value is -2.70. The molecule has 2 heterocycles. The van der Waals surface area contributed by atoms with Crippen LogP contribution in [0.1, 0.15) is 30.3 Å². The number of aryl methyl sites for hydroxylation is 1. The summed E-state index contributed by atoms with van der Waals surface area (Å²) < 4.78 is 12.9. The monoisotopic (exact) mass is 344 g/mol. The van der Waals surface area contributed by atoms with Crippen LogP contribution >= 0.6 is 0 Å². The van der Waals surface area contributed by atoms with Crippen molar-refractivity contribution in [2.45, 2.75) is 18.9 Å². The standard InChI is InChI=1S/C18H24N4O3/c1-21-12-9-19-17(21)15(20-18(23)22-10-4-5-11-22)13-7-6-8-14(24-2)16(13)25-3/h6-9,12,15H,4-5,10-11H2,1-3H3,(H,20,23)/t15-/m0/s1. The van der Waals surface area contributed by atoms with Gasteiger partial charge in [-0.1, -0.05) is 12.1 Å². The zero-order chi connectivity index (χ0) is 17.8. The third kappa shape index (κ3) is 3.40. The molecule has 1 aromatic carbocycles. The van der Waals surface area contributed by atoms with Crippen LogP contribution in [0.5, 0.6) is 11.5 Å². The highest BCUT2D eigenvalue weighted by molar-refractivity contribution is 5.75. The van der Waals surface area contributed by atoms with Crippen LogP contribution in [-0.2, 0) is 7.05 Å². The van der Waals surface area contributed by atoms with E-state index in [-0.39, 0.29) is 6.03 Å². The van der Waals surface area contributed by atoms with Crippen LogP contribution in [0, 0.1) is 0 Å². The molecule has 0 spiro atoms. The van der Waals surface area contributed by atoms with E-state index in [1.165, 1.54) is 0 Å². The molecule has 7 nitrogen and oxygen atoms in total. The Kier molecular flexibility index (Phi) is 5.11. The maximum atomic E-state index is 12.7. The Bertz CT molecular complexity index is 738. The summed E-state index contributed by atoms with van der Waals surface area (Å²) in [6.07, 6.45) is 5.67. The first kappa shape index (κ1) is 17.1. The van der Waals surface area contributed by atoms with Gasteiger partial charge in [0.25, 0.3) is 0 Å². The number of hydrogen-bond donors (Lipinski definition) is 1. The summed E-state index contributed by atoms with van der Waals surface area (Å²) >= 11 is 0. The second-order valence-electron chi connectivity index (χ2n) is 6.06. The average molecular weight is 344 g/mol. The quantitative estimate of drug-likeness (QED) is 0.904. The molecule has 7 heteroatoms. The predicted octanol–water partition coefficient (Wildman–Crippen LogP) is 2.33. The predicted molar refractivity (Wildman–Crippen MR) is 93.9 cm³/mol. The van der Waals surface area contributed by atoms with Gasteiger partial charge in [0.05, 0.1) is 14.2 Å². The molecule has 0 unspecified atom stereocenters. The molecule has 0 bridgehead atoms. The molecule has 1 aliphatic heterocycles. The fourth-order valence-electron chi connectivity index (χ4n) is 3.21. The number of carbonyl (C=O) groups is 1. The lowest BCUT2D eigenvalue weighted by atomic mass is 10.0. The Morgan fingerprint density at radius 2 is 2.00 bits per heavy atom. The smallest absolute Gasteiger partial charge is 0.318 e. The minimum Gasteiger partial charge on any atom is -0.493 e. The Labute approximate surface area is 147 Å². The summed E-state index contributed by atoms with van der Waals surface area (Å²) in [6, 6.07) is 5.12. The molecule has 0 aliphatic carbocycles. The normalized spacial score (nSPS) is 15.1. The van der Waals surface area contributed by atoms with Crippen LogP contribution in [0.4, 0.5) is 4.79 Å². The van der Waals surface area contributed by atoms with E-state index in [9.17, 15) is 4.79 Å². The van der Waals surface area contributed by atoms with Gasteiger partial charge in [0.2, 0.25) is 0 Å². The Balaban J connectivity index is 2.00. The Morgan fingerprint density at radius 3 is 2.60 bits per heavy atom. The van der Waals surface area contributed by atoms with Gasteiger partial charge >= 0.3 is 6.03 Å². The Morgan fingerprint density at radius 1 is 1.24 bits per heavy atom. The van der Waals surface area contributed by atoms with E-state index < -0.39 is 6.04 Å². The lowest BCUT2D eigenvalue weighted by Crippen LogP contribution is -2.41. The first-order chi connectivity index (χ1) is 12.2. The van der Waals surface area contributed by atoms with Crippen molar-refractivity contribution in [2.75, 3.05) is 27.3 Å². The van der Waals surface area contributed by atoms with Gasteiger partial charge in [0.1, 0.15) is 11.9 Å². The fraction of sp³-hybridized carbons (Fsp3) is 0.444. The van der Waals surface area contributed by atoms with Crippen LogP contribution in [-0.4, -0.2) is 47.8 Å². The van der Waals surface area contributed by atoms with Crippen LogP contribution in [0.25, 0.3) is 0 Å². The largest absolute Gasteiger partial charge is 0.493 e. The molecule has 3 rings (SSSR count). The molecule has 25 heavy (non-hydrogen) atoms. The molecule has 2 amide bonds. The van der Waals surface area contributed by atoms with Crippen molar-refractivity contribution in [3.8, 4) is 11.5 Å². The van der Waals surface area contributed by atoms with E-state index >= 15 is 0 Å². The number of methoxy groups -OCH3 is 2. The highest BCUT2D eigenvalue weighted by atomic mass is 16.5. The number of rotatable bonds is 5. The SMILES string of the molecule is COc1cccc([C@H](NC(=O)N2CCCC2)c2nccn2C)c1OC. The summed E-state index contributed by atoms with van der Waals surface area (Å²) in [5.74, 6) is 1.95. The maximum Gasteiger partial charge on any atom is 0.318 e. The van der Waals surface area contributed by atoms with Crippen LogP contribution < -0.4 is 14.8 Å². The van der Waals surface area contributed by atoms with Gasteiger partial charge in [-0.25, -0.2) is 9.78 Å². The number of amides is 2. The van der Waals surface area contributed by atoms with Gasteiger partial charge in [0.15, 0.2) is 11.5 Å². The number of imidazole rings is 1. The molecule has 1 aliphatic rings. The van der Waals surface area contributed by atoms with Crippen LogP contribution in [0.3, 0.4) is 0 Å². The van der Waals surface area contributed by atoms with Crippen molar-refractivity contribution in [2.24, 2.45) is 7.05 Å². The summed E-state index contributed by atoms with van der Waals surface area (Å²) in [7, 11) is 5.10. The molecule has 0 radical (unpaired) electrons. The molecule has 1 fully saturated rings. The lowest BCUT2D eigenvalue weighted by Gasteiger charge is -2.25. The molecule has 1 N–H and O–H groups in total. The summed E-state index contributed by atoms with van der Waals surface area (Å²) in [5.41, 5.74) is 0.809. The van der Waals surface area contributed by atoms with Crippen molar-refractivity contribution in [1.29, 1.82) is 0 Å². The lowest BCUT2D eigenvalue weighted by molar-refractivity contribution is 0.205. The second kappa shape index (κ2) is 7.46. The van der Waals surface area contributed by atoms with Crippen molar-refractivity contribution < 1.29 is 14.3 Å². The first-order valence-electron chi connectivity index (χ1n) is 8.39. The van der Waals surface area contributed by atoms with Gasteiger partial charge in [-0.05, 0) is 18.9 Å². The molecule has 1 atom stereocenters. The van der Waals surface area contributed by atoms with Gasteiger partial charge in [-0.15, -0.1) is 0 Å². The number of benzene rings is 1. The zero-order valence-electron chi connectivity index (χ0n) is 14.9. The van der Waals surface area contributed by atoms with Gasteiger partial charge in [-0.3, -0.25) is 0 Å². The van der Waals surface area contributed by atoms with E-state index in [0.29, 0.717) is 11.5 Å². The van der Waals surface area contributed by atoms with Crippen LogP contribution in [0.15, 0.2) is 30.6 Å². The van der Waals surface area contributed by atoms with Crippen molar-refractivity contribution in [3.63, 3.8) is 0 Å². The second-order valence-corrected chi connectivity index (χ2v) is 6.06. The zero-order valence-corrected chi connectivity index (χ0v) is 14.9. The molecule has 1 aromatic heterocycles. The van der Waals surface area contributed by atoms with Gasteiger partial charge in [-0.2, -0.15) is 0 Å². The number of nitrogens with one attached hydrogen (secondary N) is 1. The summed E-state index contributed by atoms with van der Waals surface area (Å²) in [6.45, 7) is 1.57. The molecule has 2 aromatic rings. The number of urea groups is 1. The third-order valence-corrected chi connectivity index (χ3v) is 4.52. The van der Waals surface area contributed by atoms with E-state index in [1.54, 1.807) is 20.4 Å². The van der Waals surface area contributed by atoms with Gasteiger partial charge in [0, 0.05) is 38.1 Å². The number of likely N-dealkylation sites (tertiary alicyclic amines) is 1. The molecule has 1 saturated heterocycles. The number of aromatic nitrogens is 2. The number of hydrogen-bond acceptors (Lipinski definition) is 4. The minimum atomic E-state index is -0.432. The van der Waals surface area contributed by atoms with E-state index in [4.69, 9.17) is 9.47 Å². The number of ether oxygens (including phenoxy) is 2. The highest BCUT2D eigenvalue weighted by Gasteiger charge is 2.28. The van der Waals surface area contributed by atoms with Gasteiger partial charge < -0.3 is 24.3 Å². The van der Waals surface area contributed by atoms with E-state index in [2.05, 4.69) is 10.3 Å².